The van der Waals surface area contributed by atoms with Gasteiger partial charge in [-0.1, -0.05) is 12.1 Å². The molecule has 3 aliphatic rings. The minimum Gasteiger partial charge on any atom is -0.508 e. The maximum Gasteiger partial charge on any atom is 0.337 e. The number of nitrogens with zero attached hydrogens (tertiary/aromatic N) is 1. The Balaban J connectivity index is 1.78. The number of methoxy groups -OCH3 is 2. The van der Waals surface area contributed by atoms with Gasteiger partial charge >= 0.3 is 5.97 Å². The number of carbonyl (C=O) groups excluding carboxylic acids is 2. The van der Waals surface area contributed by atoms with Gasteiger partial charge in [-0.25, -0.2) is 4.79 Å². The highest BCUT2D eigenvalue weighted by Gasteiger charge is 2.61. The molecule has 1 aromatic rings. The maximum absolute atomic E-state index is 13.2. The maximum atomic E-state index is 13.2. The third-order valence-corrected chi connectivity index (χ3v) is 6.75. The Morgan fingerprint density at radius 2 is 2.21 bits per heavy atom. The summed E-state index contributed by atoms with van der Waals surface area (Å²) < 4.78 is 10.1. The van der Waals surface area contributed by atoms with Crippen molar-refractivity contribution in [2.24, 2.45) is 11.8 Å². The van der Waals surface area contributed by atoms with Crippen LogP contribution in [0.25, 0.3) is 0 Å². The zero-order chi connectivity index (χ0) is 20.8. The van der Waals surface area contributed by atoms with E-state index in [2.05, 4.69) is 16.8 Å². The summed E-state index contributed by atoms with van der Waals surface area (Å²) in [7, 11) is 2.84. The number of amides is 1. The lowest BCUT2D eigenvalue weighted by atomic mass is 9.67. The van der Waals surface area contributed by atoms with E-state index in [1.165, 1.54) is 20.5 Å². The molecule has 0 aromatic heterocycles. The second-order valence-corrected chi connectivity index (χ2v) is 7.93. The predicted molar refractivity (Wildman–Crippen MR) is 107 cm³/mol. The Morgan fingerprint density at radius 1 is 1.41 bits per heavy atom. The van der Waals surface area contributed by atoms with Crippen LogP contribution in [0.3, 0.4) is 0 Å². The first kappa shape index (κ1) is 19.5. The van der Waals surface area contributed by atoms with E-state index in [1.54, 1.807) is 12.1 Å². The summed E-state index contributed by atoms with van der Waals surface area (Å²) in [6, 6.07) is 5.03. The van der Waals surface area contributed by atoms with E-state index in [4.69, 9.17) is 9.47 Å². The number of nitrogens with one attached hydrogen (secondary N) is 1. The van der Waals surface area contributed by atoms with Crippen LogP contribution in [0.5, 0.6) is 5.75 Å². The van der Waals surface area contributed by atoms with Crippen LogP contribution in [-0.2, 0) is 24.5 Å². The van der Waals surface area contributed by atoms with Crippen molar-refractivity contribution < 1.29 is 24.2 Å². The molecular weight excluding hydrogens is 372 g/mol. The van der Waals surface area contributed by atoms with Crippen LogP contribution in [-0.4, -0.2) is 55.2 Å². The molecule has 0 unspecified atom stereocenters. The predicted octanol–water partition coefficient (Wildman–Crippen LogP) is 2.18. The molecule has 7 nitrogen and oxygen atoms in total. The Hall–Kier alpha value is -2.80. The number of benzene rings is 1. The lowest BCUT2D eigenvalue weighted by Gasteiger charge is -2.44. The first-order valence-corrected chi connectivity index (χ1v) is 9.79. The molecule has 0 radical (unpaired) electrons. The van der Waals surface area contributed by atoms with Gasteiger partial charge in [-0.2, -0.15) is 0 Å². The van der Waals surface area contributed by atoms with Gasteiger partial charge in [-0.3, -0.25) is 9.69 Å². The highest BCUT2D eigenvalue weighted by atomic mass is 16.5. The number of hydrogen-bond acceptors (Lipinski definition) is 6. The number of piperidine rings is 1. The van der Waals surface area contributed by atoms with E-state index < -0.39 is 11.4 Å². The first-order valence-electron chi connectivity index (χ1n) is 9.79. The molecule has 0 bridgehead atoms. The second kappa shape index (κ2) is 7.22. The molecule has 4 rings (SSSR count). The number of hydrogen-bond donors (Lipinski definition) is 2. The second-order valence-electron chi connectivity index (χ2n) is 7.93. The van der Waals surface area contributed by atoms with E-state index in [0.29, 0.717) is 36.2 Å². The quantitative estimate of drug-likeness (QED) is 0.350. The van der Waals surface area contributed by atoms with E-state index >= 15 is 0 Å². The molecule has 2 saturated heterocycles. The zero-order valence-corrected chi connectivity index (χ0v) is 16.7. The van der Waals surface area contributed by atoms with E-state index in [9.17, 15) is 14.7 Å². The standard InChI is InChI=1S/C22H26N2O5/c1-4-13-11-24-9-8-22(19-16(23-21(22)27)6-5-7-17(19)25)18(24)10-14(13)15(12-28-2)20(26)29-3/h4-7,12-14,18,25H,1,8-11H2,2-3H3,(H,23,27)/t13-,14+,18-,22-/m1/s1. The molecule has 2 fully saturated rings. The van der Waals surface area contributed by atoms with Crippen LogP contribution in [0.2, 0.25) is 0 Å². The van der Waals surface area contributed by atoms with Crippen LogP contribution >= 0.6 is 0 Å². The van der Waals surface area contributed by atoms with Gasteiger partial charge in [-0.15, -0.1) is 6.58 Å². The molecule has 2 N–H and O–H groups in total. The summed E-state index contributed by atoms with van der Waals surface area (Å²) >= 11 is 0. The number of esters is 1. The molecule has 154 valence electrons. The fourth-order valence-corrected chi connectivity index (χ4v) is 5.48. The summed E-state index contributed by atoms with van der Waals surface area (Å²) in [5.41, 5.74) is 0.945. The van der Waals surface area contributed by atoms with E-state index in [1.807, 2.05) is 12.1 Å². The fraction of sp³-hybridized carbons (Fsp3) is 0.455. The molecule has 0 aliphatic carbocycles. The van der Waals surface area contributed by atoms with Crippen molar-refractivity contribution in [3.05, 3.63) is 48.3 Å². The number of phenolic OH excluding ortho intramolecular Hbond substituents is 1. The summed E-state index contributed by atoms with van der Waals surface area (Å²) in [6.45, 7) is 5.38. The fourth-order valence-electron chi connectivity index (χ4n) is 5.48. The van der Waals surface area contributed by atoms with Crippen molar-refractivity contribution in [3.63, 3.8) is 0 Å². The van der Waals surface area contributed by atoms with Crippen molar-refractivity contribution in [1.29, 1.82) is 0 Å². The SMILES string of the molecule is C=C[C@@H]1CN2CC[C@@]3(C(=O)Nc4cccc(O)c43)[C@H]2C[C@@H]1C(=COC)C(=O)OC. The van der Waals surface area contributed by atoms with E-state index in [0.717, 1.165) is 6.54 Å². The Kier molecular flexibility index (Phi) is 4.86. The summed E-state index contributed by atoms with van der Waals surface area (Å²) in [4.78, 5) is 27.9. The first-order chi connectivity index (χ1) is 14.0. The molecule has 0 saturated carbocycles. The normalized spacial score (nSPS) is 31.2. The Bertz CT molecular complexity index is 895. The van der Waals surface area contributed by atoms with Crippen LogP contribution in [0, 0.1) is 11.8 Å². The van der Waals surface area contributed by atoms with Gasteiger partial charge in [0.05, 0.1) is 31.5 Å². The average molecular weight is 398 g/mol. The molecule has 7 heteroatoms. The van der Waals surface area contributed by atoms with Crippen LogP contribution in [0.15, 0.2) is 42.7 Å². The largest absolute Gasteiger partial charge is 0.508 e. The Morgan fingerprint density at radius 3 is 2.90 bits per heavy atom. The highest BCUT2D eigenvalue weighted by Crippen LogP contribution is 2.55. The molecule has 3 heterocycles. The summed E-state index contributed by atoms with van der Waals surface area (Å²) in [5, 5.41) is 13.6. The lowest BCUT2D eigenvalue weighted by molar-refractivity contribution is -0.137. The van der Waals surface area contributed by atoms with Gasteiger partial charge in [0.1, 0.15) is 5.75 Å². The van der Waals surface area contributed by atoms with Crippen molar-refractivity contribution in [1.82, 2.24) is 4.90 Å². The van der Waals surface area contributed by atoms with Crippen LogP contribution in [0.4, 0.5) is 5.69 Å². The Labute approximate surface area is 170 Å². The average Bonchev–Trinajstić information content (AvgIpc) is 3.24. The van der Waals surface area contributed by atoms with Crippen molar-refractivity contribution >= 4 is 17.6 Å². The number of fused-ring (bicyclic) bond motifs is 4. The van der Waals surface area contributed by atoms with Gasteiger partial charge in [0, 0.05) is 29.8 Å². The molecule has 1 aromatic carbocycles. The molecule has 1 amide bonds. The minimum atomic E-state index is -0.834. The van der Waals surface area contributed by atoms with E-state index in [-0.39, 0.29) is 29.5 Å². The summed E-state index contributed by atoms with van der Waals surface area (Å²) in [5.74, 6) is -0.573. The van der Waals surface area contributed by atoms with Crippen molar-refractivity contribution in [2.75, 3.05) is 32.6 Å². The van der Waals surface area contributed by atoms with Crippen molar-refractivity contribution in [2.45, 2.75) is 24.3 Å². The monoisotopic (exact) mass is 398 g/mol. The van der Waals surface area contributed by atoms with Gasteiger partial charge < -0.3 is 19.9 Å². The number of aromatic hydroxyl groups is 1. The van der Waals surface area contributed by atoms with Gasteiger partial charge in [-0.05, 0) is 37.4 Å². The van der Waals surface area contributed by atoms with Gasteiger partial charge in [0.25, 0.3) is 0 Å². The molecular formula is C22H26N2O5. The minimum absolute atomic E-state index is 0.0233. The zero-order valence-electron chi connectivity index (χ0n) is 16.7. The smallest absolute Gasteiger partial charge is 0.337 e. The van der Waals surface area contributed by atoms with Gasteiger partial charge in [0.2, 0.25) is 5.91 Å². The number of anilines is 1. The number of phenols is 1. The highest BCUT2D eigenvalue weighted by molar-refractivity contribution is 6.08. The lowest BCUT2D eigenvalue weighted by Crippen LogP contribution is -2.53. The third-order valence-electron chi connectivity index (χ3n) is 6.75. The third kappa shape index (κ3) is 2.75. The number of rotatable bonds is 4. The van der Waals surface area contributed by atoms with Crippen LogP contribution in [0.1, 0.15) is 18.4 Å². The van der Waals surface area contributed by atoms with Crippen molar-refractivity contribution in [3.8, 4) is 5.75 Å². The topological polar surface area (TPSA) is 88.1 Å². The summed E-state index contributed by atoms with van der Waals surface area (Å²) in [6.07, 6.45) is 4.47. The molecule has 4 atom stereocenters. The molecule has 29 heavy (non-hydrogen) atoms. The van der Waals surface area contributed by atoms with Gasteiger partial charge in [0.15, 0.2) is 0 Å². The number of carbonyl (C=O) groups is 2. The molecule has 1 spiro atoms. The number of ether oxygens (including phenoxy) is 2. The van der Waals surface area contributed by atoms with Crippen LogP contribution < -0.4 is 5.32 Å². The molecule has 3 aliphatic heterocycles.